The van der Waals surface area contributed by atoms with Gasteiger partial charge in [-0.05, 0) is 44.0 Å². The number of aromatic hydroxyl groups is 1. The number of hydrogen-bond acceptors (Lipinski definition) is 4. The van der Waals surface area contributed by atoms with Crippen molar-refractivity contribution in [3.63, 3.8) is 0 Å². The van der Waals surface area contributed by atoms with Gasteiger partial charge in [-0.3, -0.25) is 14.2 Å². The number of aromatic nitrogens is 1. The summed E-state index contributed by atoms with van der Waals surface area (Å²) in [6.45, 7) is 5.05. The van der Waals surface area contributed by atoms with Gasteiger partial charge in [-0.2, -0.15) is 0 Å². The van der Waals surface area contributed by atoms with Crippen LogP contribution in [0.2, 0.25) is 5.02 Å². The van der Waals surface area contributed by atoms with Crippen LogP contribution < -0.4 is 0 Å². The summed E-state index contributed by atoms with van der Waals surface area (Å²) in [5.74, 6) is -5.78. The van der Waals surface area contributed by atoms with Gasteiger partial charge in [0.25, 0.3) is 5.91 Å². The molecule has 0 amide bonds. The van der Waals surface area contributed by atoms with Gasteiger partial charge in [0.15, 0.2) is 17.4 Å². The van der Waals surface area contributed by atoms with E-state index in [1.54, 1.807) is 12.1 Å². The van der Waals surface area contributed by atoms with E-state index in [0.29, 0.717) is 11.4 Å². The van der Waals surface area contributed by atoms with E-state index < -0.39 is 35.2 Å². The zero-order valence-corrected chi connectivity index (χ0v) is 17.4. The number of carbonyl (C=O) groups is 2. The van der Waals surface area contributed by atoms with Crippen molar-refractivity contribution < 1.29 is 28.2 Å². The molecule has 1 atom stereocenters. The molecule has 0 spiro atoms. The fourth-order valence-electron chi connectivity index (χ4n) is 3.50. The molecule has 8 heteroatoms. The summed E-state index contributed by atoms with van der Waals surface area (Å²) < 4.78 is 35.4. The molecule has 1 N–H and O–H groups in total. The Morgan fingerprint density at radius 1 is 1.27 bits per heavy atom. The Morgan fingerprint density at radius 3 is 2.60 bits per heavy atom. The third kappa shape index (κ3) is 3.65. The minimum Gasteiger partial charge on any atom is -0.503 e. The van der Waals surface area contributed by atoms with E-state index in [2.05, 4.69) is 0 Å². The fraction of sp³-hybridized carbons (Fsp3) is 0.273. The molecular formula is C22H20ClF2NO4. The maximum absolute atomic E-state index is 14.9. The van der Waals surface area contributed by atoms with Crippen LogP contribution >= 0.6 is 11.6 Å². The number of halogens is 3. The summed E-state index contributed by atoms with van der Waals surface area (Å²) in [5, 5.41) is 9.92. The topological polar surface area (TPSA) is 68.5 Å². The lowest BCUT2D eigenvalue weighted by Gasteiger charge is -2.13. The maximum atomic E-state index is 14.9. The number of fused-ring (bicyclic) bond motifs is 1. The predicted octanol–water partition coefficient (Wildman–Crippen LogP) is 5.33. The van der Waals surface area contributed by atoms with E-state index >= 15 is 0 Å². The largest absolute Gasteiger partial charge is 0.503 e. The van der Waals surface area contributed by atoms with Gasteiger partial charge < -0.3 is 9.84 Å². The standard InChI is InChI=1S/C22H20ClF2NO4/c1-4-8-30-22(29)11(2)17-12(3)26(21(28)13-6-5-7-14(23)9-13)16-10-15(24)20(27)19(25)18(16)17/h5-7,9-11,27H,4,8H2,1-3H3/t11-/m0/s1. The molecule has 0 saturated carbocycles. The number of esters is 1. The van der Waals surface area contributed by atoms with Crippen molar-refractivity contribution in [1.82, 2.24) is 4.57 Å². The van der Waals surface area contributed by atoms with E-state index in [1.807, 2.05) is 6.92 Å². The first-order chi connectivity index (χ1) is 14.2. The smallest absolute Gasteiger partial charge is 0.313 e. The Morgan fingerprint density at radius 2 is 1.97 bits per heavy atom. The van der Waals surface area contributed by atoms with Gasteiger partial charge in [-0.1, -0.05) is 24.6 Å². The van der Waals surface area contributed by atoms with Crippen LogP contribution in [-0.2, 0) is 9.53 Å². The maximum Gasteiger partial charge on any atom is 0.313 e. The van der Waals surface area contributed by atoms with Crippen molar-refractivity contribution in [3.05, 3.63) is 63.8 Å². The lowest BCUT2D eigenvalue weighted by Crippen LogP contribution is -2.17. The Hall–Kier alpha value is -2.93. The third-order valence-corrected chi connectivity index (χ3v) is 5.15. The number of carbonyl (C=O) groups excluding carboxylic acids is 2. The SMILES string of the molecule is CCCOC(=O)[C@@H](C)c1c(C)n(C(=O)c2cccc(Cl)c2)c2cc(F)c(O)c(F)c12. The molecule has 0 aliphatic heterocycles. The molecule has 0 saturated heterocycles. The average molecular weight is 436 g/mol. The molecule has 3 rings (SSSR count). The van der Waals surface area contributed by atoms with Crippen molar-refractivity contribution in [2.45, 2.75) is 33.1 Å². The molecule has 0 aliphatic rings. The highest BCUT2D eigenvalue weighted by Gasteiger charge is 2.31. The first kappa shape index (κ1) is 21.8. The van der Waals surface area contributed by atoms with E-state index in [-0.39, 0.29) is 34.3 Å². The fourth-order valence-corrected chi connectivity index (χ4v) is 3.69. The van der Waals surface area contributed by atoms with Crippen molar-refractivity contribution >= 4 is 34.4 Å². The summed E-state index contributed by atoms with van der Waals surface area (Å²) in [5.41, 5.74) is 0.480. The molecule has 1 aromatic heterocycles. The van der Waals surface area contributed by atoms with Crippen LogP contribution in [0.25, 0.3) is 10.9 Å². The van der Waals surface area contributed by atoms with Crippen LogP contribution in [0, 0.1) is 18.6 Å². The Kier molecular flexibility index (Phi) is 6.12. The van der Waals surface area contributed by atoms with Crippen LogP contribution in [0.5, 0.6) is 5.75 Å². The second kappa shape index (κ2) is 8.44. The summed E-state index contributed by atoms with van der Waals surface area (Å²) in [7, 11) is 0. The number of phenolic OH excluding ortho intramolecular Hbond substituents is 1. The van der Waals surface area contributed by atoms with Crippen molar-refractivity contribution in [2.75, 3.05) is 6.61 Å². The predicted molar refractivity (Wildman–Crippen MR) is 109 cm³/mol. The monoisotopic (exact) mass is 435 g/mol. The number of nitrogens with zero attached hydrogens (tertiary/aromatic N) is 1. The zero-order valence-electron chi connectivity index (χ0n) is 16.6. The molecule has 0 aliphatic carbocycles. The molecule has 0 fully saturated rings. The van der Waals surface area contributed by atoms with Crippen molar-refractivity contribution in [2.24, 2.45) is 0 Å². The molecule has 158 valence electrons. The lowest BCUT2D eigenvalue weighted by molar-refractivity contribution is -0.145. The van der Waals surface area contributed by atoms with Gasteiger partial charge in [0, 0.05) is 27.7 Å². The highest BCUT2D eigenvalue weighted by atomic mass is 35.5. The number of benzene rings is 2. The first-order valence-corrected chi connectivity index (χ1v) is 9.75. The molecule has 30 heavy (non-hydrogen) atoms. The molecule has 3 aromatic rings. The highest BCUT2D eigenvalue weighted by Crippen LogP contribution is 2.39. The summed E-state index contributed by atoms with van der Waals surface area (Å²) >= 11 is 5.98. The third-order valence-electron chi connectivity index (χ3n) is 4.92. The van der Waals surface area contributed by atoms with Gasteiger partial charge in [-0.15, -0.1) is 0 Å². The van der Waals surface area contributed by atoms with E-state index in [4.69, 9.17) is 16.3 Å². The molecule has 5 nitrogen and oxygen atoms in total. The second-order valence-corrected chi connectivity index (χ2v) is 7.39. The van der Waals surface area contributed by atoms with Crippen LogP contribution in [0.1, 0.15) is 47.8 Å². The second-order valence-electron chi connectivity index (χ2n) is 6.95. The van der Waals surface area contributed by atoms with E-state index in [9.17, 15) is 23.5 Å². The molecule has 1 heterocycles. The number of ether oxygens (including phenoxy) is 1. The number of rotatable bonds is 5. The molecular weight excluding hydrogens is 416 g/mol. The van der Waals surface area contributed by atoms with Gasteiger partial charge in [0.1, 0.15) is 0 Å². The quantitative estimate of drug-likeness (QED) is 0.550. The number of hydrogen-bond donors (Lipinski definition) is 1. The van der Waals surface area contributed by atoms with Crippen molar-refractivity contribution in [1.29, 1.82) is 0 Å². The zero-order chi connectivity index (χ0) is 22.2. The number of phenols is 1. The lowest BCUT2D eigenvalue weighted by atomic mass is 9.97. The van der Waals surface area contributed by atoms with E-state index in [0.717, 1.165) is 10.6 Å². The highest BCUT2D eigenvalue weighted by molar-refractivity contribution is 6.31. The minimum atomic E-state index is -1.24. The first-order valence-electron chi connectivity index (χ1n) is 9.37. The van der Waals surface area contributed by atoms with Gasteiger partial charge in [0.05, 0.1) is 18.0 Å². The summed E-state index contributed by atoms with van der Waals surface area (Å²) in [6, 6.07) is 6.99. The summed E-state index contributed by atoms with van der Waals surface area (Å²) in [6.07, 6.45) is 0.604. The molecule has 0 unspecified atom stereocenters. The average Bonchev–Trinajstić information content (AvgIpc) is 3.00. The van der Waals surface area contributed by atoms with Gasteiger partial charge >= 0.3 is 5.97 Å². The van der Waals surface area contributed by atoms with Crippen LogP contribution in [0.3, 0.4) is 0 Å². The minimum absolute atomic E-state index is 0.101. The van der Waals surface area contributed by atoms with Crippen molar-refractivity contribution in [3.8, 4) is 5.75 Å². The Bertz CT molecular complexity index is 1160. The molecule has 0 bridgehead atoms. The van der Waals surface area contributed by atoms with E-state index in [1.165, 1.54) is 26.0 Å². The normalized spacial score (nSPS) is 12.2. The summed E-state index contributed by atoms with van der Waals surface area (Å²) in [4.78, 5) is 25.7. The van der Waals surface area contributed by atoms with Gasteiger partial charge in [-0.25, -0.2) is 8.78 Å². The van der Waals surface area contributed by atoms with Crippen LogP contribution in [0.4, 0.5) is 8.78 Å². The Balaban J connectivity index is 2.30. The Labute approximate surface area is 176 Å². The van der Waals surface area contributed by atoms with Gasteiger partial charge in [0.2, 0.25) is 0 Å². The molecule has 2 aromatic carbocycles. The van der Waals surface area contributed by atoms with Crippen LogP contribution in [-0.4, -0.2) is 28.2 Å². The van der Waals surface area contributed by atoms with Crippen LogP contribution in [0.15, 0.2) is 30.3 Å². The molecule has 0 radical (unpaired) electrons.